The van der Waals surface area contributed by atoms with Crippen LogP contribution in [-0.2, 0) is 4.79 Å². The van der Waals surface area contributed by atoms with Gasteiger partial charge in [-0.15, -0.1) is 0 Å². The lowest BCUT2D eigenvalue weighted by Crippen LogP contribution is -2.47. The Balaban J connectivity index is 1.80. The van der Waals surface area contributed by atoms with Crippen molar-refractivity contribution in [2.24, 2.45) is 0 Å². The molecule has 8 heteroatoms. The Morgan fingerprint density at radius 1 is 0.970 bits per heavy atom. The normalized spacial score (nSPS) is 15.0. The third-order valence-electron chi connectivity index (χ3n) is 5.73. The van der Waals surface area contributed by atoms with Crippen LogP contribution in [0.1, 0.15) is 54.2 Å². The molecule has 1 fully saturated rings. The first-order valence-electron chi connectivity index (χ1n) is 10.9. The molecular formula is C25H24F2N4O2. The summed E-state index contributed by atoms with van der Waals surface area (Å²) in [5.74, 6) is -2.07. The van der Waals surface area contributed by atoms with Crippen LogP contribution >= 0.6 is 0 Å². The van der Waals surface area contributed by atoms with Crippen LogP contribution in [0.2, 0.25) is 0 Å². The second kappa shape index (κ2) is 10.3. The van der Waals surface area contributed by atoms with E-state index in [1.54, 1.807) is 6.07 Å². The Morgan fingerprint density at radius 3 is 2.39 bits per heavy atom. The van der Waals surface area contributed by atoms with Crippen molar-refractivity contribution in [1.29, 1.82) is 0 Å². The van der Waals surface area contributed by atoms with Gasteiger partial charge in [-0.2, -0.15) is 0 Å². The number of nitrogens with one attached hydrogen (secondary N) is 1. The number of carbonyl (C=O) groups excluding carboxylic acids is 2. The number of hydrogen-bond acceptors (Lipinski definition) is 4. The summed E-state index contributed by atoms with van der Waals surface area (Å²) in [7, 11) is 0. The summed E-state index contributed by atoms with van der Waals surface area (Å²) >= 11 is 0. The second-order valence-corrected chi connectivity index (χ2v) is 8.04. The number of benzene rings is 2. The van der Waals surface area contributed by atoms with Crippen LogP contribution in [0.15, 0.2) is 67.1 Å². The van der Waals surface area contributed by atoms with Crippen LogP contribution in [0, 0.1) is 11.6 Å². The van der Waals surface area contributed by atoms with Gasteiger partial charge in [0.2, 0.25) is 5.91 Å². The number of halogens is 2. The SMILES string of the molecule is O=C(NC1CCCCC1)[C@@H](c1ccc(F)cc1)N(C(=O)c1cnccn1)c1cccc(F)c1. The zero-order valence-electron chi connectivity index (χ0n) is 18.0. The van der Waals surface area contributed by atoms with E-state index in [2.05, 4.69) is 15.3 Å². The summed E-state index contributed by atoms with van der Waals surface area (Å²) in [6, 6.07) is 9.62. The molecule has 3 aromatic rings. The van der Waals surface area contributed by atoms with Gasteiger partial charge in [-0.3, -0.25) is 19.5 Å². The van der Waals surface area contributed by atoms with Gasteiger partial charge in [-0.05, 0) is 48.7 Å². The minimum absolute atomic E-state index is 0.000612. The Bertz CT molecular complexity index is 1100. The van der Waals surface area contributed by atoms with Gasteiger partial charge in [0.15, 0.2) is 0 Å². The highest BCUT2D eigenvalue weighted by Crippen LogP contribution is 2.31. The lowest BCUT2D eigenvalue weighted by Gasteiger charge is -2.33. The third-order valence-corrected chi connectivity index (χ3v) is 5.73. The van der Waals surface area contributed by atoms with Crippen LogP contribution in [0.3, 0.4) is 0 Å². The molecule has 1 saturated carbocycles. The molecule has 0 saturated heterocycles. The molecule has 2 amide bonds. The summed E-state index contributed by atoms with van der Waals surface area (Å²) in [4.78, 5) is 36.4. The van der Waals surface area contributed by atoms with Crippen LogP contribution in [0.25, 0.3) is 0 Å². The van der Waals surface area contributed by atoms with Crippen LogP contribution in [0.4, 0.5) is 14.5 Å². The highest BCUT2D eigenvalue weighted by Gasteiger charge is 2.35. The topological polar surface area (TPSA) is 75.2 Å². The molecule has 0 bridgehead atoms. The van der Waals surface area contributed by atoms with E-state index in [9.17, 15) is 18.4 Å². The van der Waals surface area contributed by atoms with Gasteiger partial charge in [0.1, 0.15) is 23.4 Å². The van der Waals surface area contributed by atoms with Gasteiger partial charge < -0.3 is 5.32 Å². The van der Waals surface area contributed by atoms with E-state index >= 15 is 0 Å². The molecule has 0 aliphatic heterocycles. The largest absolute Gasteiger partial charge is 0.351 e. The van der Waals surface area contributed by atoms with E-state index in [4.69, 9.17) is 0 Å². The molecule has 1 atom stereocenters. The zero-order chi connectivity index (χ0) is 23.2. The number of aromatic nitrogens is 2. The minimum atomic E-state index is -1.16. The van der Waals surface area contributed by atoms with Crippen molar-refractivity contribution >= 4 is 17.5 Å². The maximum atomic E-state index is 14.2. The standard InChI is InChI=1S/C25H24F2N4O2/c26-18-11-9-17(10-12-18)23(24(32)30-20-6-2-1-3-7-20)31(21-8-4-5-19(27)15-21)25(33)22-16-28-13-14-29-22/h4-5,8-16,20,23H,1-3,6-7H2,(H,30,32)/t23-/m1/s1. The van der Waals surface area contributed by atoms with Crippen molar-refractivity contribution in [3.05, 3.63) is 90.0 Å². The smallest absolute Gasteiger partial charge is 0.279 e. The van der Waals surface area contributed by atoms with Crippen LogP contribution in [-0.4, -0.2) is 27.8 Å². The average Bonchev–Trinajstić information content (AvgIpc) is 2.84. The van der Waals surface area contributed by atoms with Crippen LogP contribution < -0.4 is 10.2 Å². The number of rotatable bonds is 6. The van der Waals surface area contributed by atoms with Gasteiger partial charge >= 0.3 is 0 Å². The summed E-state index contributed by atoms with van der Waals surface area (Å²) in [6.07, 6.45) is 8.92. The first-order chi connectivity index (χ1) is 16.0. The third kappa shape index (κ3) is 5.39. The molecule has 1 aliphatic carbocycles. The summed E-state index contributed by atoms with van der Waals surface area (Å²) in [5.41, 5.74) is 0.573. The molecule has 1 heterocycles. The molecule has 1 aliphatic rings. The molecule has 0 unspecified atom stereocenters. The first kappa shape index (κ1) is 22.5. The van der Waals surface area contributed by atoms with Crippen molar-refractivity contribution < 1.29 is 18.4 Å². The highest BCUT2D eigenvalue weighted by atomic mass is 19.1. The maximum Gasteiger partial charge on any atom is 0.279 e. The number of carbonyl (C=O) groups is 2. The fourth-order valence-electron chi connectivity index (χ4n) is 4.13. The van der Waals surface area contributed by atoms with Gasteiger partial charge in [-0.25, -0.2) is 13.8 Å². The number of amides is 2. The zero-order valence-corrected chi connectivity index (χ0v) is 18.0. The molecule has 33 heavy (non-hydrogen) atoms. The average molecular weight is 450 g/mol. The molecule has 6 nitrogen and oxygen atoms in total. The Morgan fingerprint density at radius 2 is 1.73 bits per heavy atom. The van der Waals surface area contributed by atoms with Crippen molar-refractivity contribution in [3.8, 4) is 0 Å². The second-order valence-electron chi connectivity index (χ2n) is 8.04. The summed E-state index contributed by atoms with van der Waals surface area (Å²) in [5, 5.41) is 3.05. The summed E-state index contributed by atoms with van der Waals surface area (Å²) < 4.78 is 27.8. The summed E-state index contributed by atoms with van der Waals surface area (Å²) in [6.45, 7) is 0. The fourth-order valence-corrected chi connectivity index (χ4v) is 4.13. The van der Waals surface area contributed by atoms with Crippen molar-refractivity contribution in [2.75, 3.05) is 4.90 Å². The van der Waals surface area contributed by atoms with E-state index in [-0.39, 0.29) is 17.4 Å². The Labute approximate surface area is 190 Å². The molecule has 4 rings (SSSR count). The lowest BCUT2D eigenvalue weighted by molar-refractivity contribution is -0.123. The predicted octanol–water partition coefficient (Wildman–Crippen LogP) is 4.59. The van der Waals surface area contributed by atoms with Crippen molar-refractivity contribution in [1.82, 2.24) is 15.3 Å². The Hall–Kier alpha value is -3.68. The van der Waals surface area contributed by atoms with E-state index in [0.29, 0.717) is 5.56 Å². The molecule has 170 valence electrons. The van der Waals surface area contributed by atoms with Gasteiger partial charge in [0.25, 0.3) is 5.91 Å². The van der Waals surface area contributed by atoms with E-state index in [1.807, 2.05) is 0 Å². The molecule has 1 N–H and O–H groups in total. The molecular weight excluding hydrogens is 426 g/mol. The van der Waals surface area contributed by atoms with Gasteiger partial charge in [0.05, 0.1) is 6.20 Å². The minimum Gasteiger partial charge on any atom is -0.351 e. The Kier molecular flexibility index (Phi) is 7.02. The lowest BCUT2D eigenvalue weighted by atomic mass is 9.94. The first-order valence-corrected chi connectivity index (χ1v) is 10.9. The number of hydrogen-bond donors (Lipinski definition) is 1. The van der Waals surface area contributed by atoms with Crippen LogP contribution in [0.5, 0.6) is 0 Å². The quantitative estimate of drug-likeness (QED) is 0.596. The van der Waals surface area contributed by atoms with Crippen molar-refractivity contribution in [2.45, 2.75) is 44.2 Å². The maximum absolute atomic E-state index is 14.2. The number of anilines is 1. The highest BCUT2D eigenvalue weighted by molar-refractivity contribution is 6.09. The monoisotopic (exact) mass is 450 g/mol. The van der Waals surface area contributed by atoms with E-state index in [1.165, 1.54) is 66.0 Å². The van der Waals surface area contributed by atoms with Gasteiger partial charge in [0, 0.05) is 24.1 Å². The fraction of sp³-hybridized carbons (Fsp3) is 0.280. The molecule has 0 spiro atoms. The van der Waals surface area contributed by atoms with Crippen molar-refractivity contribution in [3.63, 3.8) is 0 Å². The van der Waals surface area contributed by atoms with Gasteiger partial charge in [-0.1, -0.05) is 37.5 Å². The number of nitrogens with zero attached hydrogens (tertiary/aromatic N) is 3. The molecule has 0 radical (unpaired) electrons. The predicted molar refractivity (Wildman–Crippen MR) is 119 cm³/mol. The van der Waals surface area contributed by atoms with E-state index < -0.39 is 29.5 Å². The molecule has 2 aromatic carbocycles. The van der Waals surface area contributed by atoms with E-state index in [0.717, 1.165) is 32.1 Å². The molecule has 1 aromatic heterocycles.